The van der Waals surface area contributed by atoms with Crippen LogP contribution in [-0.4, -0.2) is 11.1 Å². The Morgan fingerprint density at radius 3 is 2.46 bits per heavy atom. The van der Waals surface area contributed by atoms with Crippen molar-refractivity contribution in [1.82, 2.24) is 0 Å². The summed E-state index contributed by atoms with van der Waals surface area (Å²) in [7, 11) is 0. The molecule has 5 heteroatoms. The third-order valence-electron chi connectivity index (χ3n) is 4.27. The molecule has 2 aromatic carbocycles. The third kappa shape index (κ3) is 6.71. The molecule has 0 bridgehead atoms. The molecule has 26 heavy (non-hydrogen) atoms. The molecule has 0 heterocycles. The molecule has 0 unspecified atom stereocenters. The lowest BCUT2D eigenvalue weighted by molar-refractivity contribution is -0.137. The maximum atomic E-state index is 13.4. The number of aliphatic carboxylic acids is 1. The van der Waals surface area contributed by atoms with Crippen molar-refractivity contribution >= 4 is 23.6 Å². The van der Waals surface area contributed by atoms with Crippen LogP contribution in [0.4, 0.5) is 10.1 Å². The van der Waals surface area contributed by atoms with E-state index in [-0.39, 0.29) is 12.2 Å². The fourth-order valence-corrected chi connectivity index (χ4v) is 3.80. The minimum absolute atomic E-state index is 0.207. The predicted molar refractivity (Wildman–Crippen MR) is 106 cm³/mol. The second kappa shape index (κ2) is 10.2. The molecule has 0 spiro atoms. The van der Waals surface area contributed by atoms with Crippen LogP contribution in [0.5, 0.6) is 0 Å². The molecular formula is C21H26FNO2S. The molecule has 2 aromatic rings. The van der Waals surface area contributed by atoms with Gasteiger partial charge in [-0.1, -0.05) is 25.0 Å². The number of aryl methyl sites for hydroxylation is 3. The van der Waals surface area contributed by atoms with Gasteiger partial charge in [0.25, 0.3) is 0 Å². The molecule has 0 aliphatic heterocycles. The Balaban J connectivity index is 1.83. The van der Waals surface area contributed by atoms with E-state index in [0.717, 1.165) is 53.8 Å². The number of carbonyl (C=O) groups is 1. The summed E-state index contributed by atoms with van der Waals surface area (Å²) in [4.78, 5) is 11.6. The minimum atomic E-state index is -0.714. The number of carboxylic acid groups (broad SMARTS) is 1. The molecule has 0 fully saturated rings. The maximum absolute atomic E-state index is 13.4. The van der Waals surface area contributed by atoms with Crippen LogP contribution in [0, 0.1) is 19.7 Å². The summed E-state index contributed by atoms with van der Waals surface area (Å²) in [5, 5.41) is 8.63. The van der Waals surface area contributed by atoms with Crippen molar-refractivity contribution in [2.24, 2.45) is 0 Å². The fourth-order valence-electron chi connectivity index (χ4n) is 2.91. The van der Waals surface area contributed by atoms with Crippen molar-refractivity contribution in [2.75, 3.05) is 4.72 Å². The highest BCUT2D eigenvalue weighted by atomic mass is 32.2. The van der Waals surface area contributed by atoms with Gasteiger partial charge in [-0.05, 0) is 86.0 Å². The third-order valence-corrected chi connectivity index (χ3v) is 5.07. The largest absolute Gasteiger partial charge is 0.481 e. The highest BCUT2D eigenvalue weighted by molar-refractivity contribution is 8.00. The number of carboxylic acids is 1. The highest BCUT2D eigenvalue weighted by Gasteiger charge is 2.06. The van der Waals surface area contributed by atoms with E-state index in [1.807, 2.05) is 19.9 Å². The first kappa shape index (κ1) is 20.3. The summed E-state index contributed by atoms with van der Waals surface area (Å²) in [6.45, 7) is 3.81. The van der Waals surface area contributed by atoms with E-state index in [1.165, 1.54) is 29.6 Å². The number of hydrogen-bond acceptors (Lipinski definition) is 3. The van der Waals surface area contributed by atoms with Gasteiger partial charge in [0.2, 0.25) is 0 Å². The zero-order valence-electron chi connectivity index (χ0n) is 15.3. The van der Waals surface area contributed by atoms with Crippen LogP contribution in [0.3, 0.4) is 0 Å². The molecule has 2 N–H and O–H groups in total. The van der Waals surface area contributed by atoms with E-state index in [0.29, 0.717) is 0 Å². The van der Waals surface area contributed by atoms with E-state index in [2.05, 4.69) is 22.9 Å². The van der Waals surface area contributed by atoms with Crippen LogP contribution in [0.1, 0.15) is 48.8 Å². The number of anilines is 1. The van der Waals surface area contributed by atoms with Crippen molar-refractivity contribution in [3.63, 3.8) is 0 Å². The summed E-state index contributed by atoms with van der Waals surface area (Å²) >= 11 is 1.53. The van der Waals surface area contributed by atoms with Crippen molar-refractivity contribution < 1.29 is 14.3 Å². The number of nitrogens with one attached hydrogen (secondary N) is 1. The number of hydrogen-bond donors (Lipinski definition) is 2. The van der Waals surface area contributed by atoms with Gasteiger partial charge in [-0.3, -0.25) is 4.79 Å². The second-order valence-electron chi connectivity index (χ2n) is 6.57. The van der Waals surface area contributed by atoms with Crippen LogP contribution in [0.15, 0.2) is 41.3 Å². The normalized spacial score (nSPS) is 10.7. The Hall–Kier alpha value is -2.01. The van der Waals surface area contributed by atoms with Gasteiger partial charge in [-0.15, -0.1) is 0 Å². The fraction of sp³-hybridized carbons (Fsp3) is 0.381. The lowest BCUT2D eigenvalue weighted by Crippen LogP contribution is -1.95. The topological polar surface area (TPSA) is 49.3 Å². The average Bonchev–Trinajstić information content (AvgIpc) is 2.57. The monoisotopic (exact) mass is 375 g/mol. The molecule has 0 amide bonds. The van der Waals surface area contributed by atoms with Crippen molar-refractivity contribution in [2.45, 2.75) is 57.3 Å². The van der Waals surface area contributed by atoms with E-state index < -0.39 is 5.97 Å². The zero-order chi connectivity index (χ0) is 18.9. The van der Waals surface area contributed by atoms with Gasteiger partial charge in [0, 0.05) is 11.3 Å². The zero-order valence-corrected chi connectivity index (χ0v) is 16.2. The van der Waals surface area contributed by atoms with E-state index in [9.17, 15) is 9.18 Å². The van der Waals surface area contributed by atoms with Crippen LogP contribution >= 0.6 is 11.9 Å². The SMILES string of the molecule is Cc1cc(F)cc(C)c1NSc1cccc(CCCCCCC(=O)O)c1. The van der Waals surface area contributed by atoms with Crippen molar-refractivity contribution in [1.29, 1.82) is 0 Å². The van der Waals surface area contributed by atoms with Gasteiger partial charge in [-0.25, -0.2) is 4.39 Å². The Morgan fingerprint density at radius 2 is 1.77 bits per heavy atom. The molecule has 0 radical (unpaired) electrons. The molecule has 0 aliphatic carbocycles. The van der Waals surface area contributed by atoms with Crippen molar-refractivity contribution in [3.8, 4) is 0 Å². The smallest absolute Gasteiger partial charge is 0.303 e. The standard InChI is InChI=1S/C21H26FNO2S/c1-15-12-18(22)13-16(2)21(15)23-26-19-10-7-9-17(14-19)8-5-3-4-6-11-20(24)25/h7,9-10,12-14,23H,3-6,8,11H2,1-2H3,(H,24,25). The Kier molecular flexibility index (Phi) is 7.98. The quantitative estimate of drug-likeness (QED) is 0.387. The van der Waals surface area contributed by atoms with Gasteiger partial charge in [0.15, 0.2) is 0 Å². The first-order chi connectivity index (χ1) is 12.5. The van der Waals surface area contributed by atoms with Crippen LogP contribution in [-0.2, 0) is 11.2 Å². The maximum Gasteiger partial charge on any atom is 0.303 e. The Labute approximate surface area is 159 Å². The average molecular weight is 376 g/mol. The molecule has 2 rings (SSSR count). The second-order valence-corrected chi connectivity index (χ2v) is 7.45. The first-order valence-electron chi connectivity index (χ1n) is 8.96. The van der Waals surface area contributed by atoms with Crippen LogP contribution in [0.25, 0.3) is 0 Å². The lowest BCUT2D eigenvalue weighted by atomic mass is 10.1. The number of benzene rings is 2. The van der Waals surface area contributed by atoms with Crippen LogP contribution in [0.2, 0.25) is 0 Å². The van der Waals surface area contributed by atoms with E-state index >= 15 is 0 Å². The van der Waals surface area contributed by atoms with Gasteiger partial charge < -0.3 is 9.83 Å². The predicted octanol–water partition coefficient (Wildman–Crippen LogP) is 6.14. The highest BCUT2D eigenvalue weighted by Crippen LogP contribution is 2.28. The summed E-state index contributed by atoms with van der Waals surface area (Å²) in [6.07, 6.45) is 5.10. The van der Waals surface area contributed by atoms with Crippen molar-refractivity contribution in [3.05, 3.63) is 58.9 Å². The molecular weight excluding hydrogens is 349 g/mol. The van der Waals surface area contributed by atoms with Crippen LogP contribution < -0.4 is 4.72 Å². The number of unbranched alkanes of at least 4 members (excludes halogenated alkanes) is 3. The van der Waals surface area contributed by atoms with E-state index in [4.69, 9.17) is 5.11 Å². The Bertz CT molecular complexity index is 726. The first-order valence-corrected chi connectivity index (χ1v) is 9.77. The molecule has 0 aliphatic rings. The number of rotatable bonds is 10. The summed E-state index contributed by atoms with van der Waals surface area (Å²) in [5.74, 6) is -0.922. The minimum Gasteiger partial charge on any atom is -0.481 e. The van der Waals surface area contributed by atoms with Gasteiger partial charge in [0.05, 0.1) is 5.69 Å². The molecule has 3 nitrogen and oxygen atoms in total. The van der Waals surface area contributed by atoms with Gasteiger partial charge >= 0.3 is 5.97 Å². The molecule has 0 saturated carbocycles. The molecule has 0 aromatic heterocycles. The Morgan fingerprint density at radius 1 is 1.08 bits per heavy atom. The van der Waals surface area contributed by atoms with Gasteiger partial charge in [0.1, 0.15) is 5.82 Å². The lowest BCUT2D eigenvalue weighted by Gasteiger charge is -2.12. The summed E-state index contributed by atoms with van der Waals surface area (Å²) in [5.41, 5.74) is 4.03. The summed E-state index contributed by atoms with van der Waals surface area (Å²) in [6, 6.07) is 11.5. The summed E-state index contributed by atoms with van der Waals surface area (Å²) < 4.78 is 16.7. The molecule has 140 valence electrons. The number of halogens is 1. The van der Waals surface area contributed by atoms with Gasteiger partial charge in [-0.2, -0.15) is 0 Å². The molecule has 0 atom stereocenters. The van der Waals surface area contributed by atoms with E-state index in [1.54, 1.807) is 0 Å². The molecule has 0 saturated heterocycles.